The largest absolute Gasteiger partial charge is 0.409 e. The molecule has 0 unspecified atom stereocenters. The second kappa shape index (κ2) is 6.04. The molecule has 0 aliphatic carbocycles. The summed E-state index contributed by atoms with van der Waals surface area (Å²) < 4.78 is 5.38. The van der Waals surface area contributed by atoms with Gasteiger partial charge in [0.2, 0.25) is 0 Å². The van der Waals surface area contributed by atoms with Gasteiger partial charge in [-0.2, -0.15) is 0 Å². The molecule has 0 saturated carbocycles. The van der Waals surface area contributed by atoms with E-state index in [1.165, 1.54) is 5.56 Å². The van der Waals surface area contributed by atoms with Crippen molar-refractivity contribution in [2.45, 2.75) is 31.8 Å². The number of benzene rings is 1. The lowest BCUT2D eigenvalue weighted by atomic mass is 9.92. The second-order valence-corrected chi connectivity index (χ2v) is 5.21. The lowest BCUT2D eigenvalue weighted by Crippen LogP contribution is -2.46. The monoisotopic (exact) mass is 263 g/mol. The Morgan fingerprint density at radius 1 is 1.37 bits per heavy atom. The zero-order valence-corrected chi connectivity index (χ0v) is 11.2. The van der Waals surface area contributed by atoms with Crippen molar-refractivity contribution in [2.75, 3.05) is 13.2 Å². The highest BCUT2D eigenvalue weighted by atomic mass is 16.5. The molecular formula is C14H21N3O2. The van der Waals surface area contributed by atoms with Gasteiger partial charge in [-0.15, -0.1) is 0 Å². The zero-order chi connectivity index (χ0) is 13.7. The molecule has 4 N–H and O–H groups in total. The van der Waals surface area contributed by atoms with Crippen LogP contribution in [-0.2, 0) is 11.3 Å². The second-order valence-electron chi connectivity index (χ2n) is 5.21. The number of nitrogens with two attached hydrogens (primary N) is 1. The van der Waals surface area contributed by atoms with Crippen molar-refractivity contribution in [1.82, 2.24) is 5.32 Å². The van der Waals surface area contributed by atoms with Crippen LogP contribution in [0.2, 0.25) is 0 Å². The van der Waals surface area contributed by atoms with Crippen LogP contribution in [0.4, 0.5) is 0 Å². The summed E-state index contributed by atoms with van der Waals surface area (Å²) in [6.45, 7) is 4.70. The van der Waals surface area contributed by atoms with E-state index in [9.17, 15) is 0 Å². The summed E-state index contributed by atoms with van der Waals surface area (Å²) in [5, 5.41) is 15.2. The molecule has 1 aromatic rings. The third-order valence-corrected chi connectivity index (χ3v) is 3.67. The van der Waals surface area contributed by atoms with Crippen LogP contribution in [0.5, 0.6) is 0 Å². The highest BCUT2D eigenvalue weighted by Gasteiger charge is 2.26. The van der Waals surface area contributed by atoms with Crippen LogP contribution in [0, 0.1) is 0 Å². The third-order valence-electron chi connectivity index (χ3n) is 3.67. The first-order valence-electron chi connectivity index (χ1n) is 6.53. The number of rotatable bonds is 4. The smallest absolute Gasteiger partial charge is 0.170 e. The SMILES string of the molecule is CC1(NCc2ccc(/C(N)=N/O)cc2)CCOCC1. The molecular weight excluding hydrogens is 242 g/mol. The van der Waals surface area contributed by atoms with Gasteiger partial charge in [0.05, 0.1) is 0 Å². The van der Waals surface area contributed by atoms with Crippen molar-refractivity contribution in [3.8, 4) is 0 Å². The number of oxime groups is 1. The fourth-order valence-corrected chi connectivity index (χ4v) is 2.17. The molecule has 0 radical (unpaired) electrons. The Hall–Kier alpha value is -1.59. The predicted octanol–water partition coefficient (Wildman–Crippen LogP) is 1.44. The third kappa shape index (κ3) is 3.68. The Bertz CT molecular complexity index is 437. The first-order chi connectivity index (χ1) is 9.13. The van der Waals surface area contributed by atoms with Gasteiger partial charge in [-0.25, -0.2) is 0 Å². The summed E-state index contributed by atoms with van der Waals surface area (Å²) in [6.07, 6.45) is 2.07. The van der Waals surface area contributed by atoms with E-state index >= 15 is 0 Å². The molecule has 1 aliphatic heterocycles. The molecule has 104 valence electrons. The van der Waals surface area contributed by atoms with Crippen molar-refractivity contribution in [3.05, 3.63) is 35.4 Å². The van der Waals surface area contributed by atoms with Gasteiger partial charge < -0.3 is 21.0 Å². The van der Waals surface area contributed by atoms with Crippen LogP contribution in [0.25, 0.3) is 0 Å². The van der Waals surface area contributed by atoms with Gasteiger partial charge in [0, 0.05) is 30.9 Å². The van der Waals surface area contributed by atoms with Crippen LogP contribution in [0.15, 0.2) is 29.4 Å². The average molecular weight is 263 g/mol. The van der Waals surface area contributed by atoms with Crippen molar-refractivity contribution in [2.24, 2.45) is 10.9 Å². The number of amidine groups is 1. The lowest BCUT2D eigenvalue weighted by molar-refractivity contribution is 0.0446. The summed E-state index contributed by atoms with van der Waals surface area (Å²) in [6, 6.07) is 7.70. The number of hydrogen-bond donors (Lipinski definition) is 3. The first kappa shape index (κ1) is 13.8. The van der Waals surface area contributed by atoms with E-state index in [0.717, 1.165) is 38.2 Å². The van der Waals surface area contributed by atoms with E-state index < -0.39 is 0 Å². The standard InChI is InChI=1S/C14H21N3O2/c1-14(6-8-19-9-7-14)16-10-11-2-4-12(5-3-11)13(15)17-18/h2-5,16,18H,6-10H2,1H3,(H2,15,17). The average Bonchev–Trinajstić information content (AvgIpc) is 2.46. The van der Waals surface area contributed by atoms with E-state index in [-0.39, 0.29) is 11.4 Å². The number of nitrogens with zero attached hydrogens (tertiary/aromatic N) is 1. The van der Waals surface area contributed by atoms with E-state index in [1.54, 1.807) is 0 Å². The van der Waals surface area contributed by atoms with Gasteiger partial charge >= 0.3 is 0 Å². The van der Waals surface area contributed by atoms with E-state index in [2.05, 4.69) is 17.4 Å². The summed E-state index contributed by atoms with van der Waals surface area (Å²) in [4.78, 5) is 0. The fraction of sp³-hybridized carbons (Fsp3) is 0.500. The summed E-state index contributed by atoms with van der Waals surface area (Å²) in [7, 11) is 0. The minimum absolute atomic E-state index is 0.135. The molecule has 0 bridgehead atoms. The predicted molar refractivity (Wildman–Crippen MR) is 74.3 cm³/mol. The molecule has 0 atom stereocenters. The Kier molecular flexibility index (Phi) is 4.39. The van der Waals surface area contributed by atoms with Crippen LogP contribution in [0.3, 0.4) is 0 Å². The quantitative estimate of drug-likeness (QED) is 0.332. The zero-order valence-electron chi connectivity index (χ0n) is 11.2. The molecule has 2 rings (SSSR count). The lowest BCUT2D eigenvalue weighted by Gasteiger charge is -2.34. The van der Waals surface area contributed by atoms with Gasteiger partial charge in [0.1, 0.15) is 0 Å². The Labute approximate surface area is 113 Å². The Balaban J connectivity index is 1.92. The molecule has 1 fully saturated rings. The molecule has 0 aromatic heterocycles. The maximum atomic E-state index is 8.60. The van der Waals surface area contributed by atoms with Gasteiger partial charge in [-0.3, -0.25) is 0 Å². The first-order valence-corrected chi connectivity index (χ1v) is 6.53. The van der Waals surface area contributed by atoms with Crippen LogP contribution < -0.4 is 11.1 Å². The Morgan fingerprint density at radius 2 is 2.00 bits per heavy atom. The van der Waals surface area contributed by atoms with E-state index in [4.69, 9.17) is 15.7 Å². The molecule has 1 aromatic carbocycles. The molecule has 0 amide bonds. The maximum absolute atomic E-state index is 8.60. The molecule has 1 aliphatic rings. The van der Waals surface area contributed by atoms with E-state index in [1.807, 2.05) is 24.3 Å². The summed E-state index contributed by atoms with van der Waals surface area (Å²) >= 11 is 0. The summed E-state index contributed by atoms with van der Waals surface area (Å²) in [5.41, 5.74) is 7.59. The van der Waals surface area contributed by atoms with Crippen LogP contribution >= 0.6 is 0 Å². The molecule has 0 spiro atoms. The van der Waals surface area contributed by atoms with Gasteiger partial charge in [-0.1, -0.05) is 29.4 Å². The summed E-state index contributed by atoms with van der Waals surface area (Å²) in [5.74, 6) is 0.135. The minimum atomic E-state index is 0.135. The minimum Gasteiger partial charge on any atom is -0.409 e. The maximum Gasteiger partial charge on any atom is 0.170 e. The number of nitrogens with one attached hydrogen (secondary N) is 1. The van der Waals surface area contributed by atoms with Gasteiger partial charge in [0.15, 0.2) is 5.84 Å². The van der Waals surface area contributed by atoms with Crippen molar-refractivity contribution >= 4 is 5.84 Å². The van der Waals surface area contributed by atoms with E-state index in [0.29, 0.717) is 0 Å². The highest BCUT2D eigenvalue weighted by molar-refractivity contribution is 5.96. The van der Waals surface area contributed by atoms with Crippen LogP contribution in [-0.4, -0.2) is 29.8 Å². The van der Waals surface area contributed by atoms with Crippen molar-refractivity contribution in [3.63, 3.8) is 0 Å². The van der Waals surface area contributed by atoms with Gasteiger partial charge in [-0.05, 0) is 25.3 Å². The highest BCUT2D eigenvalue weighted by Crippen LogP contribution is 2.20. The molecule has 1 saturated heterocycles. The van der Waals surface area contributed by atoms with Crippen molar-refractivity contribution < 1.29 is 9.94 Å². The molecule has 19 heavy (non-hydrogen) atoms. The normalized spacial score (nSPS) is 19.3. The molecule has 5 heteroatoms. The number of ether oxygens (including phenoxy) is 1. The van der Waals surface area contributed by atoms with Gasteiger partial charge in [0.25, 0.3) is 0 Å². The Morgan fingerprint density at radius 3 is 2.58 bits per heavy atom. The van der Waals surface area contributed by atoms with Crippen molar-refractivity contribution in [1.29, 1.82) is 0 Å². The topological polar surface area (TPSA) is 79.9 Å². The fourth-order valence-electron chi connectivity index (χ4n) is 2.17. The number of hydrogen-bond acceptors (Lipinski definition) is 4. The molecule has 1 heterocycles. The van der Waals surface area contributed by atoms with Crippen LogP contribution in [0.1, 0.15) is 30.9 Å². The molecule has 5 nitrogen and oxygen atoms in total.